The van der Waals surface area contributed by atoms with E-state index in [0.717, 1.165) is 31.7 Å². The third kappa shape index (κ3) is 3.60. The first-order valence-electron chi connectivity index (χ1n) is 9.95. The van der Waals surface area contributed by atoms with E-state index in [2.05, 4.69) is 27.3 Å². The molecule has 11 heteroatoms. The number of hydrogen-bond acceptors (Lipinski definition) is 5. The van der Waals surface area contributed by atoms with Crippen LogP contribution in [-0.2, 0) is 6.18 Å². The molecule has 2 bridgehead atoms. The van der Waals surface area contributed by atoms with Crippen molar-refractivity contribution in [2.45, 2.75) is 50.0 Å². The number of carbonyl (C=O) groups excluding carboxylic acids is 1. The molecule has 2 fully saturated rings. The summed E-state index contributed by atoms with van der Waals surface area (Å²) in [6, 6.07) is 5.10. The first kappa shape index (κ1) is 20.7. The molecule has 3 aromatic rings. The number of carbonyl (C=O) groups is 1. The Kier molecular flexibility index (Phi) is 4.98. The summed E-state index contributed by atoms with van der Waals surface area (Å²) in [6.45, 7) is 0. The molecule has 164 valence electrons. The Morgan fingerprint density at radius 3 is 2.61 bits per heavy atom. The molecule has 5 rings (SSSR count). The maximum atomic E-state index is 13.8. The van der Waals surface area contributed by atoms with E-state index in [-0.39, 0.29) is 28.1 Å². The van der Waals surface area contributed by atoms with Crippen LogP contribution in [-0.4, -0.2) is 50.6 Å². The second kappa shape index (κ2) is 7.46. The largest absolute Gasteiger partial charge is 0.433 e. The number of amides is 1. The van der Waals surface area contributed by atoms with Crippen molar-refractivity contribution in [3.05, 3.63) is 40.0 Å². The van der Waals surface area contributed by atoms with Crippen molar-refractivity contribution >= 4 is 34.5 Å². The Labute approximate surface area is 185 Å². The SMILES string of the molecule is CN1C2CCC1CC(NC(=O)c1nn3c(C(F)(F)F)cc(-c4cccs4)nc3c1Cl)C2. The van der Waals surface area contributed by atoms with Gasteiger partial charge in [-0.25, -0.2) is 9.50 Å². The quantitative estimate of drug-likeness (QED) is 0.614. The van der Waals surface area contributed by atoms with Gasteiger partial charge in [0, 0.05) is 18.1 Å². The number of nitrogens with one attached hydrogen (secondary N) is 1. The summed E-state index contributed by atoms with van der Waals surface area (Å²) in [5.74, 6) is -0.574. The monoisotopic (exact) mass is 469 g/mol. The van der Waals surface area contributed by atoms with Gasteiger partial charge in [-0.15, -0.1) is 11.3 Å². The average Bonchev–Trinajstić information content (AvgIpc) is 3.39. The predicted octanol–water partition coefficient (Wildman–Crippen LogP) is 4.49. The number of hydrogen-bond donors (Lipinski definition) is 1. The number of aromatic nitrogens is 3. The predicted molar refractivity (Wildman–Crippen MR) is 111 cm³/mol. The van der Waals surface area contributed by atoms with Crippen molar-refractivity contribution in [1.29, 1.82) is 0 Å². The Bertz CT molecular complexity index is 1130. The van der Waals surface area contributed by atoms with E-state index in [0.29, 0.717) is 21.5 Å². The number of alkyl halides is 3. The van der Waals surface area contributed by atoms with Crippen molar-refractivity contribution in [2.75, 3.05) is 7.05 Å². The number of halogens is 4. The molecule has 2 aliphatic rings. The summed E-state index contributed by atoms with van der Waals surface area (Å²) in [5, 5.41) is 8.41. The van der Waals surface area contributed by atoms with Gasteiger partial charge in [0.15, 0.2) is 17.0 Å². The van der Waals surface area contributed by atoms with Crippen molar-refractivity contribution in [3.8, 4) is 10.6 Å². The number of rotatable bonds is 3. The lowest BCUT2D eigenvalue weighted by Gasteiger charge is -2.36. The van der Waals surface area contributed by atoms with Crippen LogP contribution in [0.2, 0.25) is 5.02 Å². The van der Waals surface area contributed by atoms with Crippen LogP contribution in [0.25, 0.3) is 16.2 Å². The molecular formula is C20H19ClF3N5OS. The van der Waals surface area contributed by atoms with Crippen LogP contribution in [0.4, 0.5) is 13.2 Å². The van der Waals surface area contributed by atoms with Gasteiger partial charge in [-0.2, -0.15) is 18.3 Å². The fourth-order valence-electron chi connectivity index (χ4n) is 4.67. The molecule has 2 aliphatic heterocycles. The first-order chi connectivity index (χ1) is 14.7. The van der Waals surface area contributed by atoms with Crippen LogP contribution in [0.15, 0.2) is 23.6 Å². The van der Waals surface area contributed by atoms with E-state index in [4.69, 9.17) is 11.6 Å². The lowest BCUT2D eigenvalue weighted by molar-refractivity contribution is -0.142. The number of piperidine rings is 1. The zero-order valence-corrected chi connectivity index (χ0v) is 18.1. The Balaban J connectivity index is 1.51. The normalized spacial score (nSPS) is 24.1. The minimum Gasteiger partial charge on any atom is -0.348 e. The molecule has 0 saturated carbocycles. The minimum atomic E-state index is -4.69. The highest BCUT2D eigenvalue weighted by atomic mass is 35.5. The molecule has 2 unspecified atom stereocenters. The van der Waals surface area contributed by atoms with Crippen molar-refractivity contribution in [2.24, 2.45) is 0 Å². The lowest BCUT2D eigenvalue weighted by atomic mass is 9.98. The molecule has 6 nitrogen and oxygen atoms in total. The van der Waals surface area contributed by atoms with Gasteiger partial charge in [-0.3, -0.25) is 4.79 Å². The molecule has 2 saturated heterocycles. The van der Waals surface area contributed by atoms with Crippen LogP contribution in [0.1, 0.15) is 41.9 Å². The summed E-state index contributed by atoms with van der Waals surface area (Å²) in [6.07, 6.45) is -0.903. The summed E-state index contributed by atoms with van der Waals surface area (Å²) in [5.41, 5.74) is -1.32. The van der Waals surface area contributed by atoms with Gasteiger partial charge in [-0.1, -0.05) is 17.7 Å². The fourth-order valence-corrected chi connectivity index (χ4v) is 5.60. The molecule has 0 spiro atoms. The second-order valence-corrected chi connectivity index (χ2v) is 9.42. The average molecular weight is 470 g/mol. The third-order valence-corrected chi connectivity index (χ3v) is 7.49. The Hall–Kier alpha value is -2.17. The maximum Gasteiger partial charge on any atom is 0.433 e. The van der Waals surface area contributed by atoms with Crippen molar-refractivity contribution in [3.63, 3.8) is 0 Å². The summed E-state index contributed by atoms with van der Waals surface area (Å²) in [4.78, 5) is 20.1. The van der Waals surface area contributed by atoms with E-state index in [1.165, 1.54) is 11.3 Å². The number of thiophene rings is 1. The lowest BCUT2D eigenvalue weighted by Crippen LogP contribution is -2.48. The molecule has 5 heterocycles. The van der Waals surface area contributed by atoms with E-state index >= 15 is 0 Å². The van der Waals surface area contributed by atoms with Gasteiger partial charge in [-0.05, 0) is 50.2 Å². The molecular weight excluding hydrogens is 451 g/mol. The highest BCUT2D eigenvalue weighted by molar-refractivity contribution is 7.13. The Morgan fingerprint density at radius 1 is 1.29 bits per heavy atom. The van der Waals surface area contributed by atoms with Gasteiger partial charge in [0.2, 0.25) is 0 Å². The van der Waals surface area contributed by atoms with Crippen molar-refractivity contribution in [1.82, 2.24) is 24.8 Å². The zero-order chi connectivity index (χ0) is 21.9. The van der Waals surface area contributed by atoms with Crippen LogP contribution < -0.4 is 5.32 Å². The van der Waals surface area contributed by atoms with Crippen LogP contribution in [0, 0.1) is 0 Å². The standard InChI is InChI=1S/C20H19ClF3N5OS/c1-28-11-4-5-12(28)8-10(7-11)25-19(30)17-16(21)18-26-13(14-3-2-6-31-14)9-15(20(22,23)24)29(18)27-17/h2-3,6,9-12H,4-5,7-8H2,1H3,(H,25,30). The van der Waals surface area contributed by atoms with Gasteiger partial charge < -0.3 is 10.2 Å². The van der Waals surface area contributed by atoms with Gasteiger partial charge in [0.05, 0.1) is 10.6 Å². The fraction of sp³-hybridized carbons (Fsp3) is 0.450. The smallest absolute Gasteiger partial charge is 0.348 e. The van der Waals surface area contributed by atoms with Crippen molar-refractivity contribution < 1.29 is 18.0 Å². The second-order valence-electron chi connectivity index (χ2n) is 8.09. The molecule has 1 amide bonds. The number of fused-ring (bicyclic) bond motifs is 3. The van der Waals surface area contributed by atoms with E-state index < -0.39 is 17.8 Å². The van der Waals surface area contributed by atoms with Crippen LogP contribution in [0.3, 0.4) is 0 Å². The van der Waals surface area contributed by atoms with Gasteiger partial charge in [0.25, 0.3) is 5.91 Å². The van der Waals surface area contributed by atoms with Gasteiger partial charge >= 0.3 is 6.18 Å². The molecule has 0 aromatic carbocycles. The highest BCUT2D eigenvalue weighted by Crippen LogP contribution is 2.36. The van der Waals surface area contributed by atoms with E-state index in [1.54, 1.807) is 17.5 Å². The first-order valence-corrected chi connectivity index (χ1v) is 11.2. The molecule has 1 N–H and O–H groups in total. The van der Waals surface area contributed by atoms with Crippen LogP contribution in [0.5, 0.6) is 0 Å². The third-order valence-electron chi connectivity index (χ3n) is 6.25. The molecule has 31 heavy (non-hydrogen) atoms. The summed E-state index contributed by atoms with van der Waals surface area (Å²) < 4.78 is 41.9. The number of nitrogens with zero attached hydrogens (tertiary/aromatic N) is 4. The van der Waals surface area contributed by atoms with E-state index in [9.17, 15) is 18.0 Å². The molecule has 0 radical (unpaired) electrons. The topological polar surface area (TPSA) is 62.5 Å². The van der Waals surface area contributed by atoms with Gasteiger partial charge in [0.1, 0.15) is 5.02 Å². The maximum absolute atomic E-state index is 13.8. The molecule has 2 atom stereocenters. The summed E-state index contributed by atoms with van der Waals surface area (Å²) in [7, 11) is 2.09. The molecule has 3 aromatic heterocycles. The minimum absolute atomic E-state index is 0.0567. The Morgan fingerprint density at radius 2 is 2.00 bits per heavy atom. The highest BCUT2D eigenvalue weighted by Gasteiger charge is 2.40. The zero-order valence-electron chi connectivity index (χ0n) is 16.5. The van der Waals surface area contributed by atoms with Crippen LogP contribution >= 0.6 is 22.9 Å². The summed E-state index contributed by atoms with van der Waals surface area (Å²) >= 11 is 7.61. The molecule has 0 aliphatic carbocycles. The van der Waals surface area contributed by atoms with E-state index in [1.807, 2.05) is 0 Å².